The number of hydrogen-bond acceptors (Lipinski definition) is 4. The first-order chi connectivity index (χ1) is 9.31. The molecular weight excluding hydrogens is 290 g/mol. The zero-order valence-corrected chi connectivity index (χ0v) is 12.1. The van der Waals surface area contributed by atoms with Gasteiger partial charge in [0.25, 0.3) is 0 Å². The summed E-state index contributed by atoms with van der Waals surface area (Å²) in [4.78, 5) is -0.799. The van der Waals surface area contributed by atoms with E-state index in [0.29, 0.717) is 12.8 Å². The molecule has 3 N–H and O–H groups in total. The van der Waals surface area contributed by atoms with Gasteiger partial charge in [0.1, 0.15) is 4.90 Å². The van der Waals surface area contributed by atoms with Crippen molar-refractivity contribution in [1.82, 2.24) is 4.72 Å². The summed E-state index contributed by atoms with van der Waals surface area (Å²) in [5, 5.41) is 0. The zero-order chi connectivity index (χ0) is 15.3. The van der Waals surface area contributed by atoms with Gasteiger partial charge in [-0.3, -0.25) is 0 Å². The number of halogens is 2. The molecule has 0 saturated heterocycles. The van der Waals surface area contributed by atoms with E-state index in [9.17, 15) is 17.2 Å². The van der Waals surface area contributed by atoms with Crippen LogP contribution >= 0.6 is 0 Å². The third-order valence-electron chi connectivity index (χ3n) is 2.63. The van der Waals surface area contributed by atoms with Crippen LogP contribution in [0.5, 0.6) is 0 Å². The summed E-state index contributed by atoms with van der Waals surface area (Å²) < 4.78 is 58.2. The van der Waals surface area contributed by atoms with E-state index in [1.165, 1.54) is 7.11 Å². The molecule has 0 saturated carbocycles. The number of nitrogen functional groups attached to an aromatic ring is 1. The first kappa shape index (κ1) is 16.8. The largest absolute Gasteiger partial charge is 0.399 e. The van der Waals surface area contributed by atoms with Gasteiger partial charge in [-0.1, -0.05) is 13.3 Å². The van der Waals surface area contributed by atoms with Gasteiger partial charge < -0.3 is 10.5 Å². The van der Waals surface area contributed by atoms with Gasteiger partial charge >= 0.3 is 0 Å². The predicted molar refractivity (Wildman–Crippen MR) is 71.7 cm³/mol. The van der Waals surface area contributed by atoms with E-state index in [4.69, 9.17) is 10.5 Å². The Bertz CT molecular complexity index is 558. The van der Waals surface area contributed by atoms with Crippen LogP contribution in [0.1, 0.15) is 19.8 Å². The average molecular weight is 308 g/mol. The summed E-state index contributed by atoms with van der Waals surface area (Å²) in [5.74, 6) is -2.75. The zero-order valence-electron chi connectivity index (χ0n) is 11.3. The fraction of sp³-hybridized carbons (Fsp3) is 0.500. The summed E-state index contributed by atoms with van der Waals surface area (Å²) in [6, 6.07) is 1.10. The SMILES string of the molecule is CCCC(COC)NS(=O)(=O)c1cc(N)cc(F)c1F. The Morgan fingerprint density at radius 3 is 2.60 bits per heavy atom. The second kappa shape index (κ2) is 6.96. The van der Waals surface area contributed by atoms with Gasteiger partial charge in [-0.05, 0) is 18.6 Å². The van der Waals surface area contributed by atoms with Crippen LogP contribution in [0.25, 0.3) is 0 Å². The number of nitrogens with two attached hydrogens (primary N) is 1. The number of ether oxygens (including phenoxy) is 1. The number of methoxy groups -OCH3 is 1. The maximum Gasteiger partial charge on any atom is 0.244 e. The lowest BCUT2D eigenvalue weighted by atomic mass is 10.2. The molecule has 0 heterocycles. The van der Waals surface area contributed by atoms with Gasteiger partial charge in [-0.2, -0.15) is 0 Å². The van der Waals surface area contributed by atoms with E-state index in [0.717, 1.165) is 12.1 Å². The summed E-state index contributed by atoms with van der Waals surface area (Å²) in [5.41, 5.74) is 5.19. The lowest BCUT2D eigenvalue weighted by molar-refractivity contribution is 0.171. The number of hydrogen-bond donors (Lipinski definition) is 2. The van der Waals surface area contributed by atoms with E-state index in [1.54, 1.807) is 0 Å². The summed E-state index contributed by atoms with van der Waals surface area (Å²) in [6.07, 6.45) is 1.23. The molecular formula is C12H18F2N2O3S. The molecule has 20 heavy (non-hydrogen) atoms. The molecule has 1 aromatic carbocycles. The third-order valence-corrected chi connectivity index (χ3v) is 4.15. The second-order valence-electron chi connectivity index (χ2n) is 4.38. The molecule has 0 aliphatic heterocycles. The van der Waals surface area contributed by atoms with Crippen LogP contribution in [-0.4, -0.2) is 28.2 Å². The Labute approximate surface area is 117 Å². The van der Waals surface area contributed by atoms with Crippen LogP contribution in [-0.2, 0) is 14.8 Å². The standard InChI is InChI=1S/C12H18F2N2O3S/c1-3-4-9(7-19-2)16-20(17,18)11-6-8(15)5-10(13)12(11)14/h5-6,9,16H,3-4,7,15H2,1-2H3. The maximum atomic E-state index is 13.6. The van der Waals surface area contributed by atoms with Gasteiger partial charge in [-0.15, -0.1) is 0 Å². The minimum Gasteiger partial charge on any atom is -0.399 e. The quantitative estimate of drug-likeness (QED) is 0.750. The predicted octanol–water partition coefficient (Wildman–Crippen LogP) is 1.64. The normalized spacial score (nSPS) is 13.4. The van der Waals surface area contributed by atoms with Crippen molar-refractivity contribution in [1.29, 1.82) is 0 Å². The van der Waals surface area contributed by atoms with Crippen molar-refractivity contribution in [3.63, 3.8) is 0 Å². The van der Waals surface area contributed by atoms with Gasteiger partial charge in [0.2, 0.25) is 10.0 Å². The lowest BCUT2D eigenvalue weighted by Gasteiger charge is -2.17. The van der Waals surface area contributed by atoms with Gasteiger partial charge in [0, 0.05) is 18.8 Å². The van der Waals surface area contributed by atoms with E-state index >= 15 is 0 Å². The molecule has 0 bridgehead atoms. The first-order valence-corrected chi connectivity index (χ1v) is 7.56. The molecule has 1 rings (SSSR count). The number of sulfonamides is 1. The Balaban J connectivity index is 3.10. The Morgan fingerprint density at radius 1 is 1.40 bits per heavy atom. The molecule has 0 fully saturated rings. The maximum absolute atomic E-state index is 13.6. The van der Waals surface area contributed by atoms with Crippen LogP contribution in [0, 0.1) is 11.6 Å². The van der Waals surface area contributed by atoms with Crippen molar-refractivity contribution >= 4 is 15.7 Å². The Morgan fingerprint density at radius 2 is 2.05 bits per heavy atom. The Hall–Kier alpha value is -1.25. The molecule has 5 nitrogen and oxygen atoms in total. The molecule has 1 aromatic rings. The van der Waals surface area contributed by atoms with Crippen molar-refractivity contribution < 1.29 is 21.9 Å². The summed E-state index contributed by atoms with van der Waals surface area (Å²) >= 11 is 0. The van der Waals surface area contributed by atoms with E-state index in [-0.39, 0.29) is 12.3 Å². The van der Waals surface area contributed by atoms with Crippen molar-refractivity contribution in [3.05, 3.63) is 23.8 Å². The molecule has 8 heteroatoms. The number of benzene rings is 1. The highest BCUT2D eigenvalue weighted by Gasteiger charge is 2.25. The smallest absolute Gasteiger partial charge is 0.244 e. The average Bonchev–Trinajstić information content (AvgIpc) is 2.33. The highest BCUT2D eigenvalue weighted by atomic mass is 32.2. The molecule has 1 atom stereocenters. The van der Waals surface area contributed by atoms with Crippen molar-refractivity contribution in [2.24, 2.45) is 0 Å². The van der Waals surface area contributed by atoms with Crippen LogP contribution < -0.4 is 10.5 Å². The van der Waals surface area contributed by atoms with Crippen molar-refractivity contribution in [2.75, 3.05) is 19.5 Å². The molecule has 0 aliphatic carbocycles. The van der Waals surface area contributed by atoms with Gasteiger partial charge in [0.05, 0.1) is 6.61 Å². The molecule has 0 amide bonds. The van der Waals surface area contributed by atoms with Crippen LogP contribution in [0.2, 0.25) is 0 Å². The Kier molecular flexibility index (Phi) is 5.85. The monoisotopic (exact) mass is 308 g/mol. The minimum atomic E-state index is -4.20. The van der Waals surface area contributed by atoms with E-state index in [1.807, 2.05) is 6.92 Å². The lowest BCUT2D eigenvalue weighted by Crippen LogP contribution is -2.38. The number of anilines is 1. The summed E-state index contributed by atoms with van der Waals surface area (Å²) in [7, 11) is -2.78. The van der Waals surface area contributed by atoms with Gasteiger partial charge in [0.15, 0.2) is 11.6 Å². The first-order valence-electron chi connectivity index (χ1n) is 6.07. The van der Waals surface area contributed by atoms with Crippen LogP contribution in [0.4, 0.5) is 14.5 Å². The topological polar surface area (TPSA) is 81.4 Å². The molecule has 0 aromatic heterocycles. The minimum absolute atomic E-state index is 0.138. The highest BCUT2D eigenvalue weighted by Crippen LogP contribution is 2.21. The summed E-state index contributed by atoms with van der Waals surface area (Å²) in [6.45, 7) is 2.01. The van der Waals surface area contributed by atoms with E-state index < -0.39 is 32.6 Å². The molecule has 1 unspecified atom stereocenters. The molecule has 114 valence electrons. The number of rotatable bonds is 7. The van der Waals surface area contributed by atoms with E-state index in [2.05, 4.69) is 4.72 Å². The fourth-order valence-corrected chi connectivity index (χ4v) is 3.16. The molecule has 0 spiro atoms. The molecule has 0 radical (unpaired) electrons. The number of nitrogens with one attached hydrogen (secondary N) is 1. The molecule has 0 aliphatic rings. The van der Waals surface area contributed by atoms with Gasteiger partial charge in [-0.25, -0.2) is 21.9 Å². The van der Waals surface area contributed by atoms with Crippen LogP contribution in [0.3, 0.4) is 0 Å². The van der Waals surface area contributed by atoms with Crippen LogP contribution in [0.15, 0.2) is 17.0 Å². The fourth-order valence-electron chi connectivity index (χ4n) is 1.79. The van der Waals surface area contributed by atoms with Crippen molar-refractivity contribution in [3.8, 4) is 0 Å². The van der Waals surface area contributed by atoms with Crippen molar-refractivity contribution in [2.45, 2.75) is 30.7 Å². The highest BCUT2D eigenvalue weighted by molar-refractivity contribution is 7.89. The second-order valence-corrected chi connectivity index (χ2v) is 6.06. The third kappa shape index (κ3) is 4.12.